The number of ether oxygens (including phenoxy) is 1. The Bertz CT molecular complexity index is 1310. The molecule has 0 fully saturated rings. The third kappa shape index (κ3) is 4.33. The van der Waals surface area contributed by atoms with Crippen LogP contribution >= 0.6 is 23.4 Å². The standard InChI is InChI=1S/C24H19ClN4O2S/c1-3-31-24(30)21-14(2)27-23(17(12-26)22(21)15-8-10-16(25)11-9-15)32-13-20-28-18-6-4-5-7-19(18)29-20/h4-11H,3,13H2,1-2H3,(H,28,29). The van der Waals surface area contributed by atoms with Crippen molar-refractivity contribution in [1.29, 1.82) is 5.26 Å². The number of esters is 1. The van der Waals surface area contributed by atoms with Crippen molar-refractivity contribution in [2.24, 2.45) is 0 Å². The van der Waals surface area contributed by atoms with Crippen LogP contribution in [-0.4, -0.2) is 27.5 Å². The molecule has 0 spiro atoms. The first-order chi connectivity index (χ1) is 15.5. The maximum absolute atomic E-state index is 12.8. The fourth-order valence-corrected chi connectivity index (χ4v) is 4.48. The molecule has 0 aliphatic carbocycles. The minimum atomic E-state index is -0.507. The second kappa shape index (κ2) is 9.43. The quantitative estimate of drug-likeness (QED) is 0.282. The van der Waals surface area contributed by atoms with Gasteiger partial charge in [-0.05, 0) is 43.7 Å². The van der Waals surface area contributed by atoms with Gasteiger partial charge in [-0.1, -0.05) is 47.6 Å². The largest absolute Gasteiger partial charge is 0.462 e. The fraction of sp³-hybridized carbons (Fsp3) is 0.167. The van der Waals surface area contributed by atoms with Crippen LogP contribution < -0.4 is 0 Å². The van der Waals surface area contributed by atoms with Crippen LogP contribution in [0, 0.1) is 18.3 Å². The molecule has 0 aliphatic heterocycles. The Kier molecular flexibility index (Phi) is 6.45. The van der Waals surface area contributed by atoms with E-state index in [9.17, 15) is 10.1 Å². The lowest BCUT2D eigenvalue weighted by molar-refractivity contribution is 0.0525. The van der Waals surface area contributed by atoms with E-state index >= 15 is 0 Å². The Morgan fingerprint density at radius 3 is 2.62 bits per heavy atom. The summed E-state index contributed by atoms with van der Waals surface area (Å²) in [6.07, 6.45) is 0. The van der Waals surface area contributed by atoms with Gasteiger partial charge in [0, 0.05) is 10.6 Å². The molecule has 160 valence electrons. The van der Waals surface area contributed by atoms with Crippen molar-refractivity contribution < 1.29 is 9.53 Å². The van der Waals surface area contributed by atoms with E-state index in [1.54, 1.807) is 38.1 Å². The number of para-hydroxylation sites is 2. The molecule has 0 radical (unpaired) electrons. The Morgan fingerprint density at radius 1 is 1.19 bits per heavy atom. The predicted octanol–water partition coefficient (Wildman–Crippen LogP) is 5.93. The van der Waals surface area contributed by atoms with Crippen molar-refractivity contribution >= 4 is 40.4 Å². The van der Waals surface area contributed by atoms with E-state index in [2.05, 4.69) is 21.0 Å². The summed E-state index contributed by atoms with van der Waals surface area (Å²) in [6.45, 7) is 3.71. The maximum Gasteiger partial charge on any atom is 0.340 e. The van der Waals surface area contributed by atoms with E-state index in [1.165, 1.54) is 11.8 Å². The van der Waals surface area contributed by atoms with Gasteiger partial charge in [-0.2, -0.15) is 5.26 Å². The molecule has 2 aromatic carbocycles. The fourth-order valence-electron chi connectivity index (χ4n) is 3.45. The number of thioether (sulfide) groups is 1. The van der Waals surface area contributed by atoms with E-state index in [0.29, 0.717) is 43.7 Å². The molecule has 0 unspecified atom stereocenters. The Balaban J connectivity index is 1.79. The zero-order valence-electron chi connectivity index (χ0n) is 17.5. The monoisotopic (exact) mass is 462 g/mol. The number of aromatic amines is 1. The van der Waals surface area contributed by atoms with Crippen molar-refractivity contribution in [2.75, 3.05) is 6.61 Å². The number of imidazole rings is 1. The van der Waals surface area contributed by atoms with Gasteiger partial charge in [0.2, 0.25) is 0 Å². The van der Waals surface area contributed by atoms with Crippen LogP contribution in [0.5, 0.6) is 0 Å². The number of carbonyl (C=O) groups is 1. The number of carbonyl (C=O) groups excluding carboxylic acids is 1. The molecule has 2 aromatic heterocycles. The van der Waals surface area contributed by atoms with Gasteiger partial charge in [-0.15, -0.1) is 0 Å². The average molecular weight is 463 g/mol. The molecule has 0 saturated carbocycles. The number of halogens is 1. The summed E-state index contributed by atoms with van der Waals surface area (Å²) >= 11 is 7.45. The third-order valence-corrected chi connectivity index (χ3v) is 6.09. The highest BCUT2D eigenvalue weighted by molar-refractivity contribution is 7.98. The van der Waals surface area contributed by atoms with Crippen LogP contribution in [0.4, 0.5) is 0 Å². The summed E-state index contributed by atoms with van der Waals surface area (Å²) in [4.78, 5) is 25.2. The molecular weight excluding hydrogens is 444 g/mol. The summed E-state index contributed by atoms with van der Waals surface area (Å²) < 4.78 is 5.26. The molecule has 0 bridgehead atoms. The maximum atomic E-state index is 12.8. The van der Waals surface area contributed by atoms with Gasteiger partial charge in [0.15, 0.2) is 0 Å². The van der Waals surface area contributed by atoms with Gasteiger partial charge in [0.1, 0.15) is 16.9 Å². The lowest BCUT2D eigenvalue weighted by Gasteiger charge is -2.16. The summed E-state index contributed by atoms with van der Waals surface area (Å²) in [7, 11) is 0. The molecule has 32 heavy (non-hydrogen) atoms. The molecule has 0 aliphatic rings. The third-order valence-electron chi connectivity index (χ3n) is 4.85. The topological polar surface area (TPSA) is 91.7 Å². The first-order valence-electron chi connectivity index (χ1n) is 9.96. The number of pyridine rings is 1. The molecule has 1 N–H and O–H groups in total. The number of benzene rings is 2. The van der Waals surface area contributed by atoms with Crippen LogP contribution in [0.2, 0.25) is 5.02 Å². The van der Waals surface area contributed by atoms with Crippen LogP contribution in [0.1, 0.15) is 34.4 Å². The van der Waals surface area contributed by atoms with Crippen molar-refractivity contribution in [3.05, 3.63) is 76.2 Å². The second-order valence-corrected chi connectivity index (χ2v) is 8.36. The van der Waals surface area contributed by atoms with E-state index in [1.807, 2.05) is 24.3 Å². The molecule has 4 rings (SSSR count). The van der Waals surface area contributed by atoms with E-state index in [-0.39, 0.29) is 6.61 Å². The summed E-state index contributed by atoms with van der Waals surface area (Å²) in [5.41, 5.74) is 4.15. The zero-order valence-corrected chi connectivity index (χ0v) is 19.0. The SMILES string of the molecule is CCOC(=O)c1c(C)nc(SCc2nc3ccccc3[nH]2)c(C#N)c1-c1ccc(Cl)cc1. The number of nitrogens with one attached hydrogen (secondary N) is 1. The number of aromatic nitrogens is 3. The van der Waals surface area contributed by atoms with Crippen molar-refractivity contribution in [1.82, 2.24) is 15.0 Å². The molecule has 4 aromatic rings. The number of nitrogens with zero attached hydrogens (tertiary/aromatic N) is 3. The van der Waals surface area contributed by atoms with E-state index in [0.717, 1.165) is 16.9 Å². The van der Waals surface area contributed by atoms with Crippen LogP contribution in [0.3, 0.4) is 0 Å². The highest BCUT2D eigenvalue weighted by atomic mass is 35.5. The minimum absolute atomic E-state index is 0.225. The molecule has 0 amide bonds. The van der Waals surface area contributed by atoms with Gasteiger partial charge in [-0.3, -0.25) is 0 Å². The van der Waals surface area contributed by atoms with Gasteiger partial charge < -0.3 is 9.72 Å². The van der Waals surface area contributed by atoms with E-state index in [4.69, 9.17) is 16.3 Å². The average Bonchev–Trinajstić information content (AvgIpc) is 3.21. The number of hydrogen-bond acceptors (Lipinski definition) is 6. The Labute approximate surface area is 194 Å². The van der Waals surface area contributed by atoms with E-state index < -0.39 is 5.97 Å². The molecule has 8 heteroatoms. The molecular formula is C24H19ClN4O2S. The molecule has 0 atom stereocenters. The molecule has 6 nitrogen and oxygen atoms in total. The number of hydrogen-bond donors (Lipinski definition) is 1. The first-order valence-corrected chi connectivity index (χ1v) is 11.3. The minimum Gasteiger partial charge on any atom is -0.462 e. The molecule has 0 saturated heterocycles. The summed E-state index contributed by atoms with van der Waals surface area (Å²) in [5, 5.41) is 11.1. The lowest BCUT2D eigenvalue weighted by Crippen LogP contribution is -2.12. The first kappa shape index (κ1) is 21.9. The Hall–Kier alpha value is -3.34. The van der Waals surface area contributed by atoms with Crippen molar-refractivity contribution in [3.63, 3.8) is 0 Å². The van der Waals surface area contributed by atoms with Crippen molar-refractivity contribution in [2.45, 2.75) is 24.6 Å². The van der Waals surface area contributed by atoms with Gasteiger partial charge >= 0.3 is 5.97 Å². The predicted molar refractivity (Wildman–Crippen MR) is 126 cm³/mol. The zero-order chi connectivity index (χ0) is 22.7. The van der Waals surface area contributed by atoms with Crippen LogP contribution in [0.25, 0.3) is 22.2 Å². The van der Waals surface area contributed by atoms with Crippen molar-refractivity contribution in [3.8, 4) is 17.2 Å². The van der Waals surface area contributed by atoms with Crippen LogP contribution in [0.15, 0.2) is 53.6 Å². The van der Waals surface area contributed by atoms with Gasteiger partial charge in [0.25, 0.3) is 0 Å². The normalized spacial score (nSPS) is 10.8. The number of aryl methyl sites for hydroxylation is 1. The second-order valence-electron chi connectivity index (χ2n) is 6.96. The number of nitriles is 1. The lowest BCUT2D eigenvalue weighted by atomic mass is 9.95. The number of H-pyrrole nitrogens is 1. The van der Waals surface area contributed by atoms with Crippen LogP contribution in [-0.2, 0) is 10.5 Å². The number of fused-ring (bicyclic) bond motifs is 1. The van der Waals surface area contributed by atoms with Gasteiger partial charge in [-0.25, -0.2) is 14.8 Å². The molecule has 2 heterocycles. The smallest absolute Gasteiger partial charge is 0.340 e. The summed E-state index contributed by atoms with van der Waals surface area (Å²) in [5.74, 6) is 0.768. The Morgan fingerprint density at radius 2 is 1.94 bits per heavy atom. The number of rotatable bonds is 6. The van der Waals surface area contributed by atoms with Gasteiger partial charge in [0.05, 0.1) is 40.2 Å². The summed E-state index contributed by atoms with van der Waals surface area (Å²) in [6, 6.07) is 17.1. The highest BCUT2D eigenvalue weighted by Gasteiger charge is 2.25. The highest BCUT2D eigenvalue weighted by Crippen LogP contribution is 2.36.